The summed E-state index contributed by atoms with van der Waals surface area (Å²) < 4.78 is 3.50. The van der Waals surface area contributed by atoms with Gasteiger partial charge in [-0.15, -0.1) is 0 Å². The van der Waals surface area contributed by atoms with Gasteiger partial charge in [0.15, 0.2) is 5.82 Å². The molecule has 0 atom stereocenters. The zero-order valence-electron chi connectivity index (χ0n) is 20.7. The Morgan fingerprint density at radius 2 is 1.67 bits per heavy atom. The van der Waals surface area contributed by atoms with E-state index in [1.165, 1.54) is 0 Å². The van der Waals surface area contributed by atoms with E-state index in [2.05, 4.69) is 20.5 Å². The Kier molecular flexibility index (Phi) is 6.27. The van der Waals surface area contributed by atoms with E-state index in [9.17, 15) is 9.90 Å². The Morgan fingerprint density at radius 1 is 1.00 bits per heavy atom. The van der Waals surface area contributed by atoms with Gasteiger partial charge in [-0.2, -0.15) is 10.2 Å². The topological polar surface area (TPSA) is 114 Å². The number of hydrogen-bond donors (Lipinski definition) is 2. The van der Waals surface area contributed by atoms with Crippen LogP contribution in [0.5, 0.6) is 0 Å². The molecule has 5 rings (SSSR count). The standard InChI is InChI=1S/C26H30N8O2/c1-18(35)34-9-7-26(36,8-10-34)17-28-25-23(22-13-30-33(3)16-22)14-27-24(31-25)20-6-4-5-19(11-20)21-12-29-32(2)15-21/h4-6,11-16,36H,7-10,17H2,1-3H3,(H,27,28,31). The summed E-state index contributed by atoms with van der Waals surface area (Å²) >= 11 is 0. The minimum Gasteiger partial charge on any atom is -0.388 e. The Morgan fingerprint density at radius 3 is 2.31 bits per heavy atom. The minimum atomic E-state index is -0.927. The zero-order valence-corrected chi connectivity index (χ0v) is 20.7. The van der Waals surface area contributed by atoms with Crippen LogP contribution in [0.25, 0.3) is 33.6 Å². The number of anilines is 1. The second-order valence-corrected chi connectivity index (χ2v) is 9.43. The van der Waals surface area contributed by atoms with Crippen molar-refractivity contribution in [2.45, 2.75) is 25.4 Å². The van der Waals surface area contributed by atoms with E-state index in [1.807, 2.05) is 57.0 Å². The van der Waals surface area contributed by atoms with Gasteiger partial charge in [0.1, 0.15) is 5.82 Å². The number of aromatic nitrogens is 6. The van der Waals surface area contributed by atoms with Crippen molar-refractivity contribution < 1.29 is 9.90 Å². The minimum absolute atomic E-state index is 0.0397. The van der Waals surface area contributed by atoms with Crippen molar-refractivity contribution in [3.8, 4) is 33.6 Å². The predicted octanol–water partition coefficient (Wildman–Crippen LogP) is 2.73. The molecule has 0 spiro atoms. The van der Waals surface area contributed by atoms with Crippen molar-refractivity contribution >= 4 is 11.7 Å². The molecule has 10 heteroatoms. The van der Waals surface area contributed by atoms with Crippen molar-refractivity contribution in [2.24, 2.45) is 14.1 Å². The van der Waals surface area contributed by atoms with Gasteiger partial charge in [-0.3, -0.25) is 14.2 Å². The van der Waals surface area contributed by atoms with E-state index < -0.39 is 5.60 Å². The molecule has 1 fully saturated rings. The van der Waals surface area contributed by atoms with E-state index in [0.717, 1.165) is 27.8 Å². The van der Waals surface area contributed by atoms with Crippen LogP contribution in [-0.4, -0.2) is 70.7 Å². The fraction of sp³-hybridized carbons (Fsp3) is 0.346. The summed E-state index contributed by atoms with van der Waals surface area (Å²) in [6.45, 7) is 2.96. The molecule has 3 aromatic heterocycles. The zero-order chi connectivity index (χ0) is 25.3. The number of aliphatic hydroxyl groups is 1. The quantitative estimate of drug-likeness (QED) is 0.431. The summed E-state index contributed by atoms with van der Waals surface area (Å²) in [5, 5.41) is 23.1. The fourth-order valence-electron chi connectivity index (χ4n) is 4.50. The molecule has 1 aromatic carbocycles. The monoisotopic (exact) mass is 486 g/mol. The molecule has 36 heavy (non-hydrogen) atoms. The van der Waals surface area contributed by atoms with E-state index in [-0.39, 0.29) is 5.91 Å². The number of benzene rings is 1. The highest BCUT2D eigenvalue weighted by Crippen LogP contribution is 2.31. The summed E-state index contributed by atoms with van der Waals surface area (Å²) in [4.78, 5) is 23.0. The van der Waals surface area contributed by atoms with Crippen LogP contribution in [0.3, 0.4) is 0 Å². The van der Waals surface area contributed by atoms with Crippen LogP contribution >= 0.6 is 0 Å². The van der Waals surface area contributed by atoms with E-state index in [4.69, 9.17) is 4.98 Å². The normalized spacial score (nSPS) is 15.2. The van der Waals surface area contributed by atoms with Gasteiger partial charge >= 0.3 is 0 Å². The lowest BCUT2D eigenvalue weighted by atomic mass is 9.91. The van der Waals surface area contributed by atoms with Crippen molar-refractivity contribution in [3.63, 3.8) is 0 Å². The summed E-state index contributed by atoms with van der Waals surface area (Å²) in [6.07, 6.45) is 10.3. The van der Waals surface area contributed by atoms with E-state index >= 15 is 0 Å². The summed E-state index contributed by atoms with van der Waals surface area (Å²) in [5.74, 6) is 1.24. The maximum atomic E-state index is 11.7. The van der Waals surface area contributed by atoms with Gasteiger partial charge in [0.2, 0.25) is 5.91 Å². The molecule has 0 aliphatic carbocycles. The first-order chi connectivity index (χ1) is 17.3. The summed E-state index contributed by atoms with van der Waals surface area (Å²) in [6, 6.07) is 8.04. The SMILES string of the molecule is CC(=O)N1CCC(O)(CNc2nc(-c3cccc(-c4cnn(C)c4)c3)ncc2-c2cnn(C)c2)CC1. The van der Waals surface area contributed by atoms with Gasteiger partial charge in [0.05, 0.1) is 18.0 Å². The lowest BCUT2D eigenvalue weighted by Gasteiger charge is -2.38. The van der Waals surface area contributed by atoms with Crippen LogP contribution in [0, 0.1) is 0 Å². The van der Waals surface area contributed by atoms with Crippen molar-refractivity contribution in [1.29, 1.82) is 0 Å². The number of carbonyl (C=O) groups excluding carboxylic acids is 1. The second kappa shape index (κ2) is 9.54. The van der Waals surface area contributed by atoms with Crippen LogP contribution in [0.1, 0.15) is 19.8 Å². The summed E-state index contributed by atoms with van der Waals surface area (Å²) in [7, 11) is 3.75. The number of piperidine rings is 1. The van der Waals surface area contributed by atoms with Crippen LogP contribution in [0.15, 0.2) is 55.2 Å². The molecule has 1 aliphatic rings. The van der Waals surface area contributed by atoms with Crippen LogP contribution in [-0.2, 0) is 18.9 Å². The number of nitrogens with zero attached hydrogens (tertiary/aromatic N) is 7. The van der Waals surface area contributed by atoms with Gasteiger partial charge in [-0.05, 0) is 24.5 Å². The average Bonchev–Trinajstić information content (AvgIpc) is 3.51. The molecule has 186 valence electrons. The first-order valence-electron chi connectivity index (χ1n) is 12.0. The molecule has 0 bridgehead atoms. The average molecular weight is 487 g/mol. The Hall–Kier alpha value is -4.05. The molecule has 4 aromatic rings. The Balaban J connectivity index is 1.44. The number of hydrogen-bond acceptors (Lipinski definition) is 7. The van der Waals surface area contributed by atoms with Gasteiger partial charge in [0, 0.05) is 81.5 Å². The first-order valence-corrected chi connectivity index (χ1v) is 12.0. The maximum Gasteiger partial charge on any atom is 0.219 e. The molecule has 0 radical (unpaired) electrons. The number of rotatable bonds is 6. The van der Waals surface area contributed by atoms with Crippen molar-refractivity contribution in [3.05, 3.63) is 55.2 Å². The van der Waals surface area contributed by atoms with Gasteiger partial charge in [-0.25, -0.2) is 9.97 Å². The fourth-order valence-corrected chi connectivity index (χ4v) is 4.50. The predicted molar refractivity (Wildman–Crippen MR) is 137 cm³/mol. The molecule has 1 aliphatic heterocycles. The third-order valence-corrected chi connectivity index (χ3v) is 6.69. The smallest absolute Gasteiger partial charge is 0.219 e. The van der Waals surface area contributed by atoms with Crippen molar-refractivity contribution in [2.75, 3.05) is 25.0 Å². The van der Waals surface area contributed by atoms with Crippen LogP contribution in [0.4, 0.5) is 5.82 Å². The van der Waals surface area contributed by atoms with Gasteiger partial charge < -0.3 is 15.3 Å². The Labute approximate surface area is 209 Å². The highest BCUT2D eigenvalue weighted by molar-refractivity contribution is 5.77. The molecule has 4 heterocycles. The van der Waals surface area contributed by atoms with E-state index in [1.54, 1.807) is 33.6 Å². The second-order valence-electron chi connectivity index (χ2n) is 9.43. The van der Waals surface area contributed by atoms with Gasteiger partial charge in [-0.1, -0.05) is 18.2 Å². The van der Waals surface area contributed by atoms with Gasteiger partial charge in [0.25, 0.3) is 0 Å². The number of likely N-dealkylation sites (tertiary alicyclic amines) is 1. The highest BCUT2D eigenvalue weighted by atomic mass is 16.3. The summed E-state index contributed by atoms with van der Waals surface area (Å²) in [5.41, 5.74) is 3.69. The van der Waals surface area contributed by atoms with Crippen molar-refractivity contribution in [1.82, 2.24) is 34.4 Å². The third-order valence-electron chi connectivity index (χ3n) is 6.69. The molecular formula is C26H30N8O2. The van der Waals surface area contributed by atoms with Crippen LogP contribution in [0.2, 0.25) is 0 Å². The lowest BCUT2D eigenvalue weighted by Crippen LogP contribution is -2.49. The molecule has 2 N–H and O–H groups in total. The molecule has 0 unspecified atom stereocenters. The highest BCUT2D eigenvalue weighted by Gasteiger charge is 2.33. The largest absolute Gasteiger partial charge is 0.388 e. The molecular weight excluding hydrogens is 456 g/mol. The molecule has 1 amide bonds. The number of amides is 1. The molecule has 1 saturated heterocycles. The molecule has 0 saturated carbocycles. The number of carbonyl (C=O) groups is 1. The lowest BCUT2D eigenvalue weighted by molar-refractivity contribution is -0.132. The Bertz CT molecular complexity index is 1380. The molecule has 10 nitrogen and oxygen atoms in total. The number of aryl methyl sites for hydroxylation is 2. The van der Waals surface area contributed by atoms with E-state index in [0.29, 0.717) is 44.1 Å². The van der Waals surface area contributed by atoms with Crippen LogP contribution < -0.4 is 5.32 Å². The first kappa shape index (κ1) is 23.7. The third kappa shape index (κ3) is 4.99. The number of nitrogens with one attached hydrogen (secondary N) is 1. The maximum absolute atomic E-state index is 11.7.